The second kappa shape index (κ2) is 6.41. The van der Waals surface area contributed by atoms with Gasteiger partial charge in [-0.05, 0) is 31.2 Å². The molecule has 2 aromatic rings. The molecule has 1 aromatic heterocycles. The molecule has 0 aliphatic heterocycles. The second-order valence-corrected chi connectivity index (χ2v) is 4.54. The third-order valence-electron chi connectivity index (χ3n) is 2.62. The highest BCUT2D eigenvalue weighted by atomic mass is 35.5. The zero-order valence-corrected chi connectivity index (χ0v) is 11.9. The van der Waals surface area contributed by atoms with E-state index in [9.17, 15) is 9.18 Å². The van der Waals surface area contributed by atoms with Crippen LogP contribution in [0.1, 0.15) is 17.3 Å². The Hall–Kier alpha value is -2.34. The summed E-state index contributed by atoms with van der Waals surface area (Å²) in [6, 6.07) is 5.68. The molecule has 7 heteroatoms. The number of hydrogen-bond donors (Lipinski definition) is 2. The summed E-state index contributed by atoms with van der Waals surface area (Å²) in [5, 5.41) is 2.89. The van der Waals surface area contributed by atoms with Crippen LogP contribution in [-0.4, -0.2) is 17.6 Å². The molecule has 5 nitrogen and oxygen atoms in total. The number of esters is 1. The van der Waals surface area contributed by atoms with Crippen LogP contribution in [0.2, 0.25) is 5.02 Å². The van der Waals surface area contributed by atoms with Crippen LogP contribution in [-0.2, 0) is 4.74 Å². The molecule has 0 saturated heterocycles. The van der Waals surface area contributed by atoms with Crippen molar-refractivity contribution in [1.29, 1.82) is 0 Å². The number of anilines is 3. The van der Waals surface area contributed by atoms with Crippen LogP contribution in [0.15, 0.2) is 30.5 Å². The van der Waals surface area contributed by atoms with Crippen molar-refractivity contribution in [3.05, 3.63) is 46.9 Å². The first-order valence-electron chi connectivity index (χ1n) is 6.16. The number of rotatable bonds is 4. The smallest absolute Gasteiger partial charge is 0.340 e. The minimum atomic E-state index is -0.553. The van der Waals surface area contributed by atoms with Crippen molar-refractivity contribution in [2.75, 3.05) is 17.7 Å². The minimum Gasteiger partial charge on any atom is -0.462 e. The zero-order valence-electron chi connectivity index (χ0n) is 11.2. The average Bonchev–Trinajstić information content (AvgIpc) is 2.45. The molecule has 0 saturated carbocycles. The number of carbonyl (C=O) groups is 1. The van der Waals surface area contributed by atoms with E-state index in [1.165, 1.54) is 24.4 Å². The maximum Gasteiger partial charge on any atom is 0.340 e. The van der Waals surface area contributed by atoms with Gasteiger partial charge in [0.15, 0.2) is 0 Å². The molecular formula is C14H13ClFN3O2. The van der Waals surface area contributed by atoms with Crippen molar-refractivity contribution in [1.82, 2.24) is 4.98 Å². The van der Waals surface area contributed by atoms with E-state index in [2.05, 4.69) is 10.3 Å². The van der Waals surface area contributed by atoms with E-state index in [4.69, 9.17) is 22.1 Å². The fourth-order valence-corrected chi connectivity index (χ4v) is 1.76. The number of halogens is 2. The summed E-state index contributed by atoms with van der Waals surface area (Å²) >= 11 is 5.61. The number of ether oxygens (including phenoxy) is 1. The second-order valence-electron chi connectivity index (χ2n) is 4.13. The van der Waals surface area contributed by atoms with Gasteiger partial charge in [-0.1, -0.05) is 11.6 Å². The lowest BCUT2D eigenvalue weighted by molar-refractivity contribution is 0.0527. The molecular weight excluding hydrogens is 297 g/mol. The van der Waals surface area contributed by atoms with Gasteiger partial charge in [0.2, 0.25) is 0 Å². The predicted molar refractivity (Wildman–Crippen MR) is 79.3 cm³/mol. The maximum atomic E-state index is 13.4. The first kappa shape index (κ1) is 15.1. The lowest BCUT2D eigenvalue weighted by Gasteiger charge is -2.09. The van der Waals surface area contributed by atoms with E-state index in [0.29, 0.717) is 11.5 Å². The standard InChI is InChI=1S/C14H13ClFN3O2/c1-2-21-14(20)9-6-13(18-7-12(9)17)19-8-3-4-10(15)11(16)5-8/h3-7H,2,17H2,1H3,(H,18,19). The first-order chi connectivity index (χ1) is 10.0. The number of benzene rings is 1. The number of nitrogens with two attached hydrogens (primary N) is 1. The van der Waals surface area contributed by atoms with E-state index in [0.717, 1.165) is 0 Å². The van der Waals surface area contributed by atoms with Gasteiger partial charge in [0.25, 0.3) is 0 Å². The summed E-state index contributed by atoms with van der Waals surface area (Å²) in [5.74, 6) is -0.751. The van der Waals surface area contributed by atoms with Gasteiger partial charge >= 0.3 is 5.97 Å². The van der Waals surface area contributed by atoms with Crippen molar-refractivity contribution in [3.63, 3.8) is 0 Å². The van der Waals surface area contributed by atoms with Crippen LogP contribution >= 0.6 is 11.6 Å². The Morgan fingerprint density at radius 2 is 2.24 bits per heavy atom. The lowest BCUT2D eigenvalue weighted by atomic mass is 10.2. The van der Waals surface area contributed by atoms with Gasteiger partial charge in [0.05, 0.1) is 29.1 Å². The summed E-state index contributed by atoms with van der Waals surface area (Å²) in [5.41, 5.74) is 6.55. The number of pyridine rings is 1. The van der Waals surface area contributed by atoms with Crippen molar-refractivity contribution < 1.29 is 13.9 Å². The SMILES string of the molecule is CCOC(=O)c1cc(Nc2ccc(Cl)c(F)c2)ncc1N. The zero-order chi connectivity index (χ0) is 15.4. The molecule has 0 fully saturated rings. The topological polar surface area (TPSA) is 77.2 Å². The summed E-state index contributed by atoms with van der Waals surface area (Å²) in [4.78, 5) is 15.8. The fraction of sp³-hybridized carbons (Fsp3) is 0.143. The van der Waals surface area contributed by atoms with Crippen LogP contribution in [0.3, 0.4) is 0 Å². The molecule has 0 aliphatic carbocycles. The monoisotopic (exact) mass is 309 g/mol. The Morgan fingerprint density at radius 1 is 1.48 bits per heavy atom. The predicted octanol–water partition coefficient (Wildman–Crippen LogP) is 3.38. The average molecular weight is 310 g/mol. The molecule has 0 unspecified atom stereocenters. The van der Waals surface area contributed by atoms with Crippen LogP contribution in [0.4, 0.5) is 21.6 Å². The van der Waals surface area contributed by atoms with Crippen LogP contribution in [0, 0.1) is 5.82 Å². The maximum absolute atomic E-state index is 13.4. The van der Waals surface area contributed by atoms with Crippen LogP contribution in [0.5, 0.6) is 0 Å². The molecule has 110 valence electrons. The normalized spacial score (nSPS) is 10.2. The number of aromatic nitrogens is 1. The van der Waals surface area contributed by atoms with Gasteiger partial charge in [0.1, 0.15) is 11.6 Å². The van der Waals surface area contributed by atoms with E-state index >= 15 is 0 Å². The summed E-state index contributed by atoms with van der Waals surface area (Å²) in [6.45, 7) is 1.94. The highest BCUT2D eigenvalue weighted by Gasteiger charge is 2.12. The van der Waals surface area contributed by atoms with Gasteiger partial charge in [-0.25, -0.2) is 14.2 Å². The quantitative estimate of drug-likeness (QED) is 0.847. The summed E-state index contributed by atoms with van der Waals surface area (Å²) < 4.78 is 18.3. The largest absolute Gasteiger partial charge is 0.462 e. The van der Waals surface area contributed by atoms with Crippen LogP contribution < -0.4 is 11.1 Å². The number of nitrogens with zero attached hydrogens (tertiary/aromatic N) is 1. The van der Waals surface area contributed by atoms with Crippen molar-refractivity contribution in [2.24, 2.45) is 0 Å². The van der Waals surface area contributed by atoms with Gasteiger partial charge in [-0.15, -0.1) is 0 Å². The summed E-state index contributed by atoms with van der Waals surface area (Å²) in [7, 11) is 0. The van der Waals surface area contributed by atoms with Crippen molar-refractivity contribution in [2.45, 2.75) is 6.92 Å². The molecule has 3 N–H and O–H groups in total. The third kappa shape index (κ3) is 3.61. The van der Waals surface area contributed by atoms with Crippen molar-refractivity contribution in [3.8, 4) is 0 Å². The molecule has 2 rings (SSSR count). The number of hydrogen-bond acceptors (Lipinski definition) is 5. The Morgan fingerprint density at radius 3 is 2.90 bits per heavy atom. The lowest BCUT2D eigenvalue weighted by Crippen LogP contribution is -2.09. The molecule has 1 aromatic carbocycles. The van der Waals surface area contributed by atoms with Gasteiger partial charge < -0.3 is 15.8 Å². The summed E-state index contributed by atoms with van der Waals surface area (Å²) in [6.07, 6.45) is 1.33. The number of nitrogens with one attached hydrogen (secondary N) is 1. The number of carbonyl (C=O) groups excluding carboxylic acids is 1. The van der Waals surface area contributed by atoms with Crippen LogP contribution in [0.25, 0.3) is 0 Å². The highest BCUT2D eigenvalue weighted by Crippen LogP contribution is 2.23. The Labute approximate surface area is 125 Å². The molecule has 0 bridgehead atoms. The molecule has 21 heavy (non-hydrogen) atoms. The minimum absolute atomic E-state index is 0.0260. The fourth-order valence-electron chi connectivity index (χ4n) is 1.64. The molecule has 0 atom stereocenters. The molecule has 0 amide bonds. The van der Waals surface area contributed by atoms with E-state index in [1.807, 2.05) is 0 Å². The van der Waals surface area contributed by atoms with E-state index < -0.39 is 11.8 Å². The third-order valence-corrected chi connectivity index (χ3v) is 2.93. The Bertz CT molecular complexity index is 679. The molecule has 0 radical (unpaired) electrons. The molecule has 1 heterocycles. The first-order valence-corrected chi connectivity index (χ1v) is 6.53. The van der Waals surface area contributed by atoms with Gasteiger partial charge in [0, 0.05) is 5.69 Å². The van der Waals surface area contributed by atoms with Gasteiger partial charge in [-0.3, -0.25) is 0 Å². The number of nitrogen functional groups attached to an aromatic ring is 1. The van der Waals surface area contributed by atoms with Gasteiger partial charge in [-0.2, -0.15) is 0 Å². The van der Waals surface area contributed by atoms with Crippen molar-refractivity contribution >= 4 is 34.8 Å². The van der Waals surface area contributed by atoms with E-state index in [1.54, 1.807) is 13.0 Å². The van der Waals surface area contributed by atoms with E-state index in [-0.39, 0.29) is 22.9 Å². The molecule has 0 spiro atoms. The highest BCUT2D eigenvalue weighted by molar-refractivity contribution is 6.30. The molecule has 0 aliphatic rings. The Balaban J connectivity index is 2.26. The Kier molecular flexibility index (Phi) is 4.59.